The Morgan fingerprint density at radius 2 is 1.59 bits per heavy atom. The molecule has 0 saturated carbocycles. The number of allylic oxidation sites excluding steroid dienone is 4. The zero-order chi connectivity index (χ0) is 23.3. The van der Waals surface area contributed by atoms with Crippen LogP contribution in [0.1, 0.15) is 95.2 Å². The van der Waals surface area contributed by atoms with Crippen LogP contribution >= 0.6 is 0 Å². The van der Waals surface area contributed by atoms with Gasteiger partial charge in [-0.05, 0) is 92.9 Å². The van der Waals surface area contributed by atoms with Gasteiger partial charge in [0.2, 0.25) is 0 Å². The van der Waals surface area contributed by atoms with Gasteiger partial charge in [-0.2, -0.15) is 0 Å². The van der Waals surface area contributed by atoms with E-state index in [2.05, 4.69) is 102 Å². The predicted molar refractivity (Wildman–Crippen MR) is 144 cm³/mol. The smallest absolute Gasteiger partial charge is 0.00844 e. The first-order chi connectivity index (χ1) is 15.4. The molecule has 0 bridgehead atoms. The van der Waals surface area contributed by atoms with Gasteiger partial charge in [-0.15, -0.1) is 0 Å². The molecule has 0 aliphatic rings. The lowest BCUT2D eigenvalue weighted by molar-refractivity contribution is 0.475. The van der Waals surface area contributed by atoms with Gasteiger partial charge in [-0.25, -0.2) is 0 Å². The van der Waals surface area contributed by atoms with E-state index in [1.54, 1.807) is 0 Å². The molecule has 0 nitrogen and oxygen atoms in total. The maximum absolute atomic E-state index is 4.47. The minimum atomic E-state index is 0.442. The molecular formula is C32H44. The Morgan fingerprint density at radius 1 is 0.906 bits per heavy atom. The molecule has 2 aromatic carbocycles. The fraction of sp³-hybridized carbons (Fsp3) is 0.438. The first-order valence-electron chi connectivity index (χ1n) is 12.5. The second kappa shape index (κ2) is 13.9. The Morgan fingerprint density at radius 3 is 2.22 bits per heavy atom. The quantitative estimate of drug-likeness (QED) is 0.263. The van der Waals surface area contributed by atoms with E-state index in [0.29, 0.717) is 5.92 Å². The lowest BCUT2D eigenvalue weighted by Crippen LogP contribution is -2.03. The maximum atomic E-state index is 4.47. The molecule has 0 aromatic heterocycles. The molecule has 2 aromatic rings. The van der Waals surface area contributed by atoms with Crippen molar-refractivity contribution < 1.29 is 0 Å². The molecule has 0 saturated heterocycles. The minimum Gasteiger partial charge on any atom is -0.0998 e. The molecule has 0 aliphatic heterocycles. The van der Waals surface area contributed by atoms with E-state index in [0.717, 1.165) is 31.6 Å². The van der Waals surface area contributed by atoms with Crippen LogP contribution in [-0.2, 0) is 6.42 Å². The summed E-state index contributed by atoms with van der Waals surface area (Å²) in [7, 11) is 0. The van der Waals surface area contributed by atoms with E-state index >= 15 is 0 Å². The fourth-order valence-electron chi connectivity index (χ4n) is 4.38. The van der Waals surface area contributed by atoms with Crippen LogP contribution in [0.25, 0.3) is 5.57 Å². The number of hydrogen-bond acceptors (Lipinski definition) is 0. The largest absolute Gasteiger partial charge is 0.0998 e. The van der Waals surface area contributed by atoms with Crippen LogP contribution < -0.4 is 0 Å². The van der Waals surface area contributed by atoms with Gasteiger partial charge in [-0.1, -0.05) is 105 Å². The molecule has 2 unspecified atom stereocenters. The highest BCUT2D eigenvalue weighted by molar-refractivity contribution is 5.64. The second-order valence-corrected chi connectivity index (χ2v) is 9.78. The van der Waals surface area contributed by atoms with Gasteiger partial charge in [0.25, 0.3) is 0 Å². The van der Waals surface area contributed by atoms with Gasteiger partial charge < -0.3 is 0 Å². The van der Waals surface area contributed by atoms with Crippen LogP contribution in [0, 0.1) is 5.92 Å². The number of aryl methyl sites for hydroxylation is 1. The lowest BCUT2D eigenvalue weighted by atomic mass is 9.84. The van der Waals surface area contributed by atoms with Crippen LogP contribution in [0.15, 0.2) is 85.0 Å². The molecular weight excluding hydrogens is 384 g/mol. The lowest BCUT2D eigenvalue weighted by Gasteiger charge is -2.21. The van der Waals surface area contributed by atoms with E-state index in [9.17, 15) is 0 Å². The molecule has 0 aliphatic carbocycles. The van der Waals surface area contributed by atoms with Crippen molar-refractivity contribution in [2.24, 2.45) is 5.92 Å². The normalized spacial score (nSPS) is 12.8. The molecule has 2 rings (SSSR count). The average molecular weight is 429 g/mol. The molecule has 32 heavy (non-hydrogen) atoms. The van der Waals surface area contributed by atoms with Gasteiger partial charge in [0.1, 0.15) is 0 Å². The molecule has 0 fully saturated rings. The summed E-state index contributed by atoms with van der Waals surface area (Å²) in [5, 5.41) is 0. The monoisotopic (exact) mass is 428 g/mol. The molecule has 0 heteroatoms. The van der Waals surface area contributed by atoms with Crippen LogP contribution in [0.4, 0.5) is 0 Å². The van der Waals surface area contributed by atoms with Crippen molar-refractivity contribution in [3.8, 4) is 0 Å². The summed E-state index contributed by atoms with van der Waals surface area (Å²) in [6.07, 6.45) is 11.6. The van der Waals surface area contributed by atoms with Crippen molar-refractivity contribution in [2.75, 3.05) is 0 Å². The summed E-state index contributed by atoms with van der Waals surface area (Å²) in [5.41, 5.74) is 8.07. The van der Waals surface area contributed by atoms with Crippen LogP contribution in [0.2, 0.25) is 0 Å². The van der Waals surface area contributed by atoms with Crippen LogP contribution in [0.5, 0.6) is 0 Å². The summed E-state index contributed by atoms with van der Waals surface area (Å²) in [4.78, 5) is 0. The van der Waals surface area contributed by atoms with Crippen molar-refractivity contribution in [1.29, 1.82) is 0 Å². The standard InChI is InChI=1S/C32H44/c1-7-29-19-21-30(22-20-29)28(6)24-32(31-17-9-8-10-18-31)23-27(5)16-12-15-26(4)14-11-13-25(2)3/h8-10,13,17-22,26,32H,5-7,11-12,14-16,23-24H2,1-4H3. The van der Waals surface area contributed by atoms with E-state index in [4.69, 9.17) is 0 Å². The summed E-state index contributed by atoms with van der Waals surface area (Å²) < 4.78 is 0. The van der Waals surface area contributed by atoms with Crippen molar-refractivity contribution in [3.05, 3.63) is 102 Å². The van der Waals surface area contributed by atoms with Crippen molar-refractivity contribution >= 4 is 5.57 Å². The topological polar surface area (TPSA) is 0 Å². The van der Waals surface area contributed by atoms with Gasteiger partial charge in [0, 0.05) is 0 Å². The van der Waals surface area contributed by atoms with Crippen LogP contribution in [-0.4, -0.2) is 0 Å². The van der Waals surface area contributed by atoms with Crippen molar-refractivity contribution in [1.82, 2.24) is 0 Å². The summed E-state index contributed by atoms with van der Waals surface area (Å²) in [5.74, 6) is 1.23. The Labute approximate surface area is 198 Å². The third kappa shape index (κ3) is 9.43. The molecule has 0 N–H and O–H groups in total. The van der Waals surface area contributed by atoms with Gasteiger partial charge in [0.05, 0.1) is 0 Å². The molecule has 172 valence electrons. The van der Waals surface area contributed by atoms with E-state index < -0.39 is 0 Å². The maximum Gasteiger partial charge on any atom is -0.00844 e. The number of rotatable bonds is 14. The summed E-state index contributed by atoms with van der Waals surface area (Å²) >= 11 is 0. The number of benzene rings is 2. The van der Waals surface area contributed by atoms with Crippen LogP contribution in [0.3, 0.4) is 0 Å². The SMILES string of the molecule is C=C(CCCC(C)CCC=C(C)C)CC(CC(=C)c1ccc(CC)cc1)c1ccccc1. The van der Waals surface area contributed by atoms with E-state index in [1.807, 2.05) is 0 Å². The Kier molecular flexibility index (Phi) is 11.3. The molecule has 0 heterocycles. The fourth-order valence-corrected chi connectivity index (χ4v) is 4.38. The van der Waals surface area contributed by atoms with Gasteiger partial charge in [-0.3, -0.25) is 0 Å². The van der Waals surface area contributed by atoms with Crippen molar-refractivity contribution in [2.45, 2.75) is 85.0 Å². The Balaban J connectivity index is 1.92. The zero-order valence-corrected chi connectivity index (χ0v) is 21.0. The first-order valence-corrected chi connectivity index (χ1v) is 12.5. The van der Waals surface area contributed by atoms with E-state index in [-0.39, 0.29) is 0 Å². The third-order valence-corrected chi connectivity index (χ3v) is 6.51. The predicted octanol–water partition coefficient (Wildman–Crippen LogP) is 9.94. The summed E-state index contributed by atoms with van der Waals surface area (Å²) in [6, 6.07) is 19.8. The Bertz CT molecular complexity index is 847. The first kappa shape index (κ1) is 25.9. The molecule has 0 radical (unpaired) electrons. The van der Waals surface area contributed by atoms with Gasteiger partial charge >= 0.3 is 0 Å². The zero-order valence-electron chi connectivity index (χ0n) is 21.0. The highest BCUT2D eigenvalue weighted by Crippen LogP contribution is 2.34. The number of hydrogen-bond donors (Lipinski definition) is 0. The summed E-state index contributed by atoms with van der Waals surface area (Å²) in [6.45, 7) is 17.9. The average Bonchev–Trinajstić information content (AvgIpc) is 2.79. The molecule has 2 atom stereocenters. The Hall–Kier alpha value is -2.34. The molecule has 0 spiro atoms. The highest BCUT2D eigenvalue weighted by atomic mass is 14.2. The molecule has 0 amide bonds. The minimum absolute atomic E-state index is 0.442. The second-order valence-electron chi connectivity index (χ2n) is 9.78. The third-order valence-electron chi connectivity index (χ3n) is 6.51. The van der Waals surface area contributed by atoms with E-state index in [1.165, 1.54) is 59.1 Å². The van der Waals surface area contributed by atoms with Crippen molar-refractivity contribution in [3.63, 3.8) is 0 Å². The highest BCUT2D eigenvalue weighted by Gasteiger charge is 2.15. The van der Waals surface area contributed by atoms with Gasteiger partial charge in [0.15, 0.2) is 0 Å².